The Bertz CT molecular complexity index is 692. The Morgan fingerprint density at radius 3 is 2.95 bits per heavy atom. The van der Waals surface area contributed by atoms with Crippen LogP contribution in [0.15, 0.2) is 42.0 Å². The van der Waals surface area contributed by atoms with Gasteiger partial charge < -0.3 is 10.6 Å². The molecule has 2 heterocycles. The van der Waals surface area contributed by atoms with Gasteiger partial charge in [0.25, 0.3) is 0 Å². The lowest BCUT2D eigenvalue weighted by Crippen LogP contribution is -2.02. The summed E-state index contributed by atoms with van der Waals surface area (Å²) in [7, 11) is 0. The highest BCUT2D eigenvalue weighted by Crippen LogP contribution is 2.25. The Morgan fingerprint density at radius 1 is 1.16 bits per heavy atom. The normalized spacial score (nSPS) is 10.6. The maximum absolute atomic E-state index is 4.44. The van der Waals surface area contributed by atoms with E-state index in [0.29, 0.717) is 0 Å². The molecule has 2 N–H and O–H groups in total. The van der Waals surface area contributed by atoms with Gasteiger partial charge in [0, 0.05) is 16.9 Å². The summed E-state index contributed by atoms with van der Waals surface area (Å²) >= 11 is 1.75. The standard InChI is InChI=1S/C14H14N4S/c1-2-16-13-8-15-9-14(18-13)17-11-3-4-12-10(7-11)5-6-19-12/h3-9H,2H2,1H3,(H2,16,17,18). The quantitative estimate of drug-likeness (QED) is 0.755. The summed E-state index contributed by atoms with van der Waals surface area (Å²) < 4.78 is 1.29. The van der Waals surface area contributed by atoms with Gasteiger partial charge in [0.2, 0.25) is 0 Å². The van der Waals surface area contributed by atoms with E-state index in [0.717, 1.165) is 23.9 Å². The van der Waals surface area contributed by atoms with Crippen LogP contribution in [0.1, 0.15) is 6.92 Å². The topological polar surface area (TPSA) is 49.8 Å². The Kier molecular flexibility index (Phi) is 3.29. The first-order valence-electron chi connectivity index (χ1n) is 6.15. The predicted molar refractivity (Wildman–Crippen MR) is 81.3 cm³/mol. The molecule has 0 atom stereocenters. The summed E-state index contributed by atoms with van der Waals surface area (Å²) in [5.74, 6) is 1.53. The van der Waals surface area contributed by atoms with E-state index >= 15 is 0 Å². The molecule has 0 aliphatic carbocycles. The maximum Gasteiger partial charge on any atom is 0.151 e. The third-order valence-electron chi connectivity index (χ3n) is 2.72. The van der Waals surface area contributed by atoms with Crippen molar-refractivity contribution in [2.75, 3.05) is 17.2 Å². The molecule has 4 nitrogen and oxygen atoms in total. The average Bonchev–Trinajstić information content (AvgIpc) is 2.87. The number of thiophene rings is 1. The third-order valence-corrected chi connectivity index (χ3v) is 3.62. The molecule has 0 saturated heterocycles. The number of aromatic nitrogens is 2. The van der Waals surface area contributed by atoms with Crippen LogP contribution in [0.4, 0.5) is 17.3 Å². The van der Waals surface area contributed by atoms with Gasteiger partial charge in [-0.3, -0.25) is 4.98 Å². The molecule has 0 amide bonds. The number of hydrogen-bond acceptors (Lipinski definition) is 5. The minimum absolute atomic E-state index is 0.744. The van der Waals surface area contributed by atoms with Crippen molar-refractivity contribution in [2.24, 2.45) is 0 Å². The zero-order chi connectivity index (χ0) is 13.1. The molecule has 96 valence electrons. The highest BCUT2D eigenvalue weighted by atomic mass is 32.1. The summed E-state index contributed by atoms with van der Waals surface area (Å²) in [4.78, 5) is 8.61. The van der Waals surface area contributed by atoms with Gasteiger partial charge in [0.05, 0.1) is 12.4 Å². The Labute approximate surface area is 115 Å². The number of fused-ring (bicyclic) bond motifs is 1. The van der Waals surface area contributed by atoms with Crippen LogP contribution in [0.25, 0.3) is 10.1 Å². The molecule has 2 aromatic heterocycles. The number of nitrogens with one attached hydrogen (secondary N) is 2. The van der Waals surface area contributed by atoms with Crippen molar-refractivity contribution in [1.29, 1.82) is 0 Å². The van der Waals surface area contributed by atoms with Crippen molar-refractivity contribution in [2.45, 2.75) is 6.92 Å². The highest BCUT2D eigenvalue weighted by Gasteiger charge is 2.01. The first-order chi connectivity index (χ1) is 9.35. The molecular weight excluding hydrogens is 256 g/mol. The molecule has 0 radical (unpaired) electrons. The molecular formula is C14H14N4S. The van der Waals surface area contributed by atoms with Crippen LogP contribution < -0.4 is 10.6 Å². The SMILES string of the molecule is CCNc1cncc(Nc2ccc3sccc3c2)n1. The van der Waals surface area contributed by atoms with Crippen molar-refractivity contribution < 1.29 is 0 Å². The largest absolute Gasteiger partial charge is 0.369 e. The zero-order valence-electron chi connectivity index (χ0n) is 10.6. The minimum atomic E-state index is 0.744. The van der Waals surface area contributed by atoms with E-state index < -0.39 is 0 Å². The van der Waals surface area contributed by atoms with Gasteiger partial charge in [-0.15, -0.1) is 11.3 Å². The monoisotopic (exact) mass is 270 g/mol. The van der Waals surface area contributed by atoms with Gasteiger partial charge >= 0.3 is 0 Å². The van der Waals surface area contributed by atoms with Crippen molar-refractivity contribution >= 4 is 38.7 Å². The molecule has 0 fully saturated rings. The molecule has 5 heteroatoms. The van der Waals surface area contributed by atoms with E-state index in [9.17, 15) is 0 Å². The summed E-state index contributed by atoms with van der Waals surface area (Å²) in [5.41, 5.74) is 1.02. The second kappa shape index (κ2) is 5.24. The minimum Gasteiger partial charge on any atom is -0.369 e. The van der Waals surface area contributed by atoms with Gasteiger partial charge in [-0.25, -0.2) is 4.98 Å². The number of hydrogen-bond donors (Lipinski definition) is 2. The van der Waals surface area contributed by atoms with Gasteiger partial charge in [-0.05, 0) is 42.0 Å². The summed E-state index contributed by atoms with van der Waals surface area (Å²) in [6.07, 6.45) is 3.44. The van der Waals surface area contributed by atoms with Crippen molar-refractivity contribution in [1.82, 2.24) is 9.97 Å². The Morgan fingerprint density at radius 2 is 2.05 bits per heavy atom. The maximum atomic E-state index is 4.44. The van der Waals surface area contributed by atoms with Gasteiger partial charge in [0.1, 0.15) is 5.82 Å². The van der Waals surface area contributed by atoms with Crippen LogP contribution in [0, 0.1) is 0 Å². The van der Waals surface area contributed by atoms with Crippen molar-refractivity contribution in [3.63, 3.8) is 0 Å². The predicted octanol–water partition coefficient (Wildman–Crippen LogP) is 3.87. The van der Waals surface area contributed by atoms with E-state index in [2.05, 4.69) is 50.2 Å². The third kappa shape index (κ3) is 2.66. The van der Waals surface area contributed by atoms with Crippen molar-refractivity contribution in [3.8, 4) is 0 Å². The molecule has 0 aliphatic heterocycles. The number of rotatable bonds is 4. The van der Waals surface area contributed by atoms with Crippen LogP contribution >= 0.6 is 11.3 Å². The molecule has 0 saturated carbocycles. The molecule has 3 aromatic rings. The van der Waals surface area contributed by atoms with Crippen LogP contribution in [0.3, 0.4) is 0 Å². The molecule has 0 unspecified atom stereocenters. The summed E-state index contributed by atoms with van der Waals surface area (Å²) in [6.45, 7) is 2.87. The van der Waals surface area contributed by atoms with Gasteiger partial charge in [-0.2, -0.15) is 0 Å². The second-order valence-electron chi connectivity index (χ2n) is 4.12. The lowest BCUT2D eigenvalue weighted by molar-refractivity contribution is 1.12. The van der Waals surface area contributed by atoms with Crippen LogP contribution in [-0.2, 0) is 0 Å². The first kappa shape index (κ1) is 11.9. The van der Waals surface area contributed by atoms with E-state index in [4.69, 9.17) is 0 Å². The van der Waals surface area contributed by atoms with E-state index in [1.807, 2.05) is 6.92 Å². The molecule has 0 aliphatic rings. The highest BCUT2D eigenvalue weighted by molar-refractivity contribution is 7.17. The fraction of sp³-hybridized carbons (Fsp3) is 0.143. The smallest absolute Gasteiger partial charge is 0.151 e. The summed E-state index contributed by atoms with van der Waals surface area (Å²) in [5, 5.41) is 9.76. The number of benzene rings is 1. The molecule has 1 aromatic carbocycles. The number of nitrogens with zero attached hydrogens (tertiary/aromatic N) is 2. The molecule has 0 spiro atoms. The zero-order valence-corrected chi connectivity index (χ0v) is 11.4. The van der Waals surface area contributed by atoms with Gasteiger partial charge in [-0.1, -0.05) is 0 Å². The lowest BCUT2D eigenvalue weighted by atomic mass is 10.2. The fourth-order valence-corrected chi connectivity index (χ4v) is 2.66. The van der Waals surface area contributed by atoms with Gasteiger partial charge in [0.15, 0.2) is 5.82 Å². The van der Waals surface area contributed by atoms with Crippen LogP contribution in [0.2, 0.25) is 0 Å². The van der Waals surface area contributed by atoms with E-state index in [1.165, 1.54) is 10.1 Å². The molecule has 19 heavy (non-hydrogen) atoms. The van der Waals surface area contributed by atoms with E-state index in [1.54, 1.807) is 23.7 Å². The Balaban J connectivity index is 1.85. The molecule has 3 rings (SSSR count). The van der Waals surface area contributed by atoms with E-state index in [-0.39, 0.29) is 0 Å². The van der Waals surface area contributed by atoms with Crippen molar-refractivity contribution in [3.05, 3.63) is 42.0 Å². The first-order valence-corrected chi connectivity index (χ1v) is 7.03. The fourth-order valence-electron chi connectivity index (χ4n) is 1.88. The molecule has 0 bridgehead atoms. The Hall–Kier alpha value is -2.14. The average molecular weight is 270 g/mol. The second-order valence-corrected chi connectivity index (χ2v) is 5.07. The number of anilines is 3. The van der Waals surface area contributed by atoms with Crippen LogP contribution in [0.5, 0.6) is 0 Å². The summed E-state index contributed by atoms with van der Waals surface area (Å²) in [6, 6.07) is 8.41. The lowest BCUT2D eigenvalue weighted by Gasteiger charge is -2.07. The van der Waals surface area contributed by atoms with Crippen LogP contribution in [-0.4, -0.2) is 16.5 Å².